The van der Waals surface area contributed by atoms with Gasteiger partial charge in [0, 0.05) is 0 Å². The molecule has 1 aliphatic rings. The first-order valence-corrected chi connectivity index (χ1v) is 5.77. The van der Waals surface area contributed by atoms with Crippen molar-refractivity contribution in [3.05, 3.63) is 0 Å². The third kappa shape index (κ3) is 2.50. The normalized spacial score (nSPS) is 35.8. The summed E-state index contributed by atoms with van der Waals surface area (Å²) in [5.74, 6) is 3.16. The van der Waals surface area contributed by atoms with Gasteiger partial charge >= 0.3 is 0 Å². The lowest BCUT2D eigenvalue weighted by molar-refractivity contribution is 0.339. The molecule has 0 heteroatoms. The van der Waals surface area contributed by atoms with E-state index in [2.05, 4.69) is 20.8 Å². The van der Waals surface area contributed by atoms with E-state index >= 15 is 0 Å². The fourth-order valence-corrected chi connectivity index (χ4v) is 2.96. The zero-order valence-electron chi connectivity index (χ0n) is 8.97. The number of hydrogen-bond donors (Lipinski definition) is 0. The third-order valence-corrected chi connectivity index (χ3v) is 3.40. The predicted octanol–water partition coefficient (Wildman–Crippen LogP) is 4.25. The van der Waals surface area contributed by atoms with Crippen LogP contribution in [0, 0.1) is 17.8 Å². The lowest BCUT2D eigenvalue weighted by Crippen LogP contribution is -2.06. The van der Waals surface area contributed by atoms with Crippen molar-refractivity contribution in [1.82, 2.24) is 0 Å². The van der Waals surface area contributed by atoms with E-state index in [0.717, 1.165) is 17.8 Å². The Bertz CT molecular complexity index is 103. The summed E-state index contributed by atoms with van der Waals surface area (Å²) < 4.78 is 0. The van der Waals surface area contributed by atoms with Crippen LogP contribution in [0.25, 0.3) is 0 Å². The molecule has 1 fully saturated rings. The first-order chi connectivity index (χ1) is 5.77. The van der Waals surface area contributed by atoms with E-state index in [4.69, 9.17) is 0 Å². The predicted molar refractivity (Wildman–Crippen MR) is 55.2 cm³/mol. The molecule has 12 heavy (non-hydrogen) atoms. The van der Waals surface area contributed by atoms with Crippen LogP contribution >= 0.6 is 0 Å². The molecule has 0 aliphatic heterocycles. The van der Waals surface area contributed by atoms with Gasteiger partial charge in [-0.25, -0.2) is 0 Å². The van der Waals surface area contributed by atoms with Crippen molar-refractivity contribution in [2.75, 3.05) is 0 Å². The Kier molecular flexibility index (Phi) is 4.11. The van der Waals surface area contributed by atoms with Crippen molar-refractivity contribution in [3.8, 4) is 0 Å². The van der Waals surface area contributed by atoms with Crippen LogP contribution in [0.5, 0.6) is 0 Å². The molecule has 1 aliphatic carbocycles. The molecule has 2 unspecified atom stereocenters. The molecule has 72 valence electrons. The van der Waals surface area contributed by atoms with Gasteiger partial charge in [-0.15, -0.1) is 0 Å². The van der Waals surface area contributed by atoms with Crippen molar-refractivity contribution in [3.63, 3.8) is 0 Å². The maximum atomic E-state index is 2.43. The SMILES string of the molecule is CCCC1CC(C)C[C@H]1CCC. The Hall–Kier alpha value is 0. The van der Waals surface area contributed by atoms with Gasteiger partial charge in [0.05, 0.1) is 0 Å². The molecule has 0 aromatic rings. The highest BCUT2D eigenvalue weighted by Gasteiger charge is 2.29. The Labute approximate surface area is 77.7 Å². The second-order valence-electron chi connectivity index (χ2n) is 4.67. The van der Waals surface area contributed by atoms with Crippen molar-refractivity contribution < 1.29 is 0 Å². The van der Waals surface area contributed by atoms with Crippen LogP contribution in [0.3, 0.4) is 0 Å². The topological polar surface area (TPSA) is 0 Å². The molecule has 0 bridgehead atoms. The minimum absolute atomic E-state index is 1.01. The molecule has 0 amide bonds. The Balaban J connectivity index is 2.36. The molecule has 0 radical (unpaired) electrons. The second-order valence-corrected chi connectivity index (χ2v) is 4.67. The van der Waals surface area contributed by atoms with E-state index in [1.807, 2.05) is 0 Å². The summed E-state index contributed by atoms with van der Waals surface area (Å²) in [6, 6.07) is 0. The molecule has 0 saturated heterocycles. The summed E-state index contributed by atoms with van der Waals surface area (Å²) >= 11 is 0. The zero-order valence-corrected chi connectivity index (χ0v) is 8.97. The maximum absolute atomic E-state index is 2.43. The van der Waals surface area contributed by atoms with Gasteiger partial charge in [-0.05, 0) is 30.6 Å². The summed E-state index contributed by atoms with van der Waals surface area (Å²) in [5.41, 5.74) is 0. The van der Waals surface area contributed by atoms with E-state index in [9.17, 15) is 0 Å². The molecule has 0 heterocycles. The quantitative estimate of drug-likeness (QED) is 0.588. The van der Waals surface area contributed by atoms with Crippen LogP contribution in [0.1, 0.15) is 59.3 Å². The zero-order chi connectivity index (χ0) is 8.97. The van der Waals surface area contributed by atoms with Gasteiger partial charge in [0.2, 0.25) is 0 Å². The number of rotatable bonds is 4. The van der Waals surface area contributed by atoms with Crippen LogP contribution in [0.4, 0.5) is 0 Å². The highest BCUT2D eigenvalue weighted by molar-refractivity contribution is 4.80. The molecule has 0 nitrogen and oxygen atoms in total. The van der Waals surface area contributed by atoms with Crippen LogP contribution in [-0.2, 0) is 0 Å². The summed E-state index contributed by atoms with van der Waals surface area (Å²) in [6.45, 7) is 7.08. The minimum atomic E-state index is 1.01. The fourth-order valence-electron chi connectivity index (χ4n) is 2.96. The van der Waals surface area contributed by atoms with E-state index in [1.54, 1.807) is 0 Å². The molecule has 0 N–H and O–H groups in total. The first kappa shape index (κ1) is 10.1. The standard InChI is InChI=1S/C12H24/c1-4-6-11-8-10(3)9-12(11)7-5-2/h10-12H,4-9H2,1-3H3/t10?,11-,12?/m1/s1. The highest BCUT2D eigenvalue weighted by atomic mass is 14.3. The summed E-state index contributed by atoms with van der Waals surface area (Å²) in [7, 11) is 0. The summed E-state index contributed by atoms with van der Waals surface area (Å²) in [4.78, 5) is 0. The average Bonchev–Trinajstić information content (AvgIpc) is 2.33. The van der Waals surface area contributed by atoms with Crippen molar-refractivity contribution >= 4 is 0 Å². The van der Waals surface area contributed by atoms with Crippen LogP contribution in [0.15, 0.2) is 0 Å². The lowest BCUT2D eigenvalue weighted by Gasteiger charge is -2.17. The third-order valence-electron chi connectivity index (χ3n) is 3.40. The summed E-state index contributed by atoms with van der Waals surface area (Å²) in [6.07, 6.45) is 8.76. The molecule has 0 aromatic heterocycles. The van der Waals surface area contributed by atoms with Crippen LogP contribution < -0.4 is 0 Å². The van der Waals surface area contributed by atoms with E-state index in [0.29, 0.717) is 0 Å². The van der Waals surface area contributed by atoms with E-state index in [-0.39, 0.29) is 0 Å². The van der Waals surface area contributed by atoms with Gasteiger partial charge in [0.15, 0.2) is 0 Å². The number of hydrogen-bond acceptors (Lipinski definition) is 0. The van der Waals surface area contributed by atoms with Gasteiger partial charge < -0.3 is 0 Å². The largest absolute Gasteiger partial charge is 0.0654 e. The molecule has 0 spiro atoms. The highest BCUT2D eigenvalue weighted by Crippen LogP contribution is 2.41. The molecular weight excluding hydrogens is 144 g/mol. The van der Waals surface area contributed by atoms with E-state index in [1.165, 1.54) is 38.5 Å². The monoisotopic (exact) mass is 168 g/mol. The Morgan fingerprint density at radius 2 is 1.33 bits per heavy atom. The smallest absolute Gasteiger partial charge is 0.0383 e. The van der Waals surface area contributed by atoms with Gasteiger partial charge in [0.1, 0.15) is 0 Å². The van der Waals surface area contributed by atoms with Crippen molar-refractivity contribution in [2.24, 2.45) is 17.8 Å². The van der Waals surface area contributed by atoms with Gasteiger partial charge in [-0.1, -0.05) is 46.5 Å². The van der Waals surface area contributed by atoms with E-state index < -0.39 is 0 Å². The summed E-state index contributed by atoms with van der Waals surface area (Å²) in [5, 5.41) is 0. The maximum Gasteiger partial charge on any atom is -0.0383 e. The fraction of sp³-hybridized carbons (Fsp3) is 1.00. The first-order valence-electron chi connectivity index (χ1n) is 5.77. The molecule has 1 rings (SSSR count). The van der Waals surface area contributed by atoms with Gasteiger partial charge in [-0.3, -0.25) is 0 Å². The lowest BCUT2D eigenvalue weighted by atomic mass is 9.89. The Morgan fingerprint density at radius 3 is 1.67 bits per heavy atom. The van der Waals surface area contributed by atoms with Crippen LogP contribution in [0.2, 0.25) is 0 Å². The average molecular weight is 168 g/mol. The Morgan fingerprint density at radius 1 is 0.917 bits per heavy atom. The van der Waals surface area contributed by atoms with Crippen molar-refractivity contribution in [1.29, 1.82) is 0 Å². The second kappa shape index (κ2) is 4.89. The van der Waals surface area contributed by atoms with Crippen LogP contribution in [-0.4, -0.2) is 0 Å². The minimum Gasteiger partial charge on any atom is -0.0654 e. The molecule has 0 aromatic carbocycles. The molecular formula is C12H24. The van der Waals surface area contributed by atoms with Crippen molar-refractivity contribution in [2.45, 2.75) is 59.3 Å². The molecule has 3 atom stereocenters. The van der Waals surface area contributed by atoms with Gasteiger partial charge in [0.25, 0.3) is 0 Å². The van der Waals surface area contributed by atoms with Gasteiger partial charge in [-0.2, -0.15) is 0 Å². The molecule has 1 saturated carbocycles.